The van der Waals surface area contributed by atoms with Gasteiger partial charge in [0, 0.05) is 25.9 Å². The fraction of sp³-hybridized carbons (Fsp3) is 0.750. The molecule has 0 aromatic rings. The minimum atomic E-state index is -1.82. The number of rotatable bonds is 7. The molecular formula is C8H18FN3O3. The predicted molar refractivity (Wildman–Crippen MR) is 52.8 cm³/mol. The molecule has 3 unspecified atom stereocenters. The Morgan fingerprint density at radius 2 is 2.13 bits per heavy atom. The van der Waals surface area contributed by atoms with Gasteiger partial charge in [0.1, 0.15) is 6.10 Å². The number of hydrazine groups is 1. The highest BCUT2D eigenvalue weighted by Crippen LogP contribution is 2.09. The van der Waals surface area contributed by atoms with Crippen LogP contribution in [0.5, 0.6) is 0 Å². The summed E-state index contributed by atoms with van der Waals surface area (Å²) in [6.45, 7) is 0.0288. The normalized spacial score (nSPS) is 17.7. The third kappa shape index (κ3) is 5.53. The van der Waals surface area contributed by atoms with Gasteiger partial charge >= 0.3 is 0 Å². The number of aliphatic hydroxyl groups excluding tert-OH is 2. The molecule has 0 radical (unpaired) electrons. The maximum absolute atomic E-state index is 13.3. The molecule has 6 nitrogen and oxygen atoms in total. The van der Waals surface area contributed by atoms with E-state index in [1.54, 1.807) is 0 Å². The molecule has 15 heavy (non-hydrogen) atoms. The van der Waals surface area contributed by atoms with E-state index < -0.39 is 18.5 Å². The van der Waals surface area contributed by atoms with Gasteiger partial charge < -0.3 is 20.7 Å². The lowest BCUT2D eigenvalue weighted by Crippen LogP contribution is -2.43. The summed E-state index contributed by atoms with van der Waals surface area (Å²) in [4.78, 5) is 0. The molecule has 0 heterocycles. The van der Waals surface area contributed by atoms with Crippen LogP contribution in [0.15, 0.2) is 12.4 Å². The monoisotopic (exact) mass is 223 g/mol. The Bertz CT molecular complexity index is 194. The zero-order valence-electron chi connectivity index (χ0n) is 8.58. The highest BCUT2D eigenvalue weighted by Gasteiger charge is 2.24. The minimum Gasteiger partial charge on any atom is -0.403 e. The van der Waals surface area contributed by atoms with E-state index in [1.807, 2.05) is 0 Å². The van der Waals surface area contributed by atoms with Crippen LogP contribution in [0.4, 0.5) is 4.39 Å². The van der Waals surface area contributed by atoms with Gasteiger partial charge in [0.2, 0.25) is 6.30 Å². The molecule has 0 fully saturated rings. The van der Waals surface area contributed by atoms with Gasteiger partial charge in [-0.3, -0.25) is 5.01 Å². The number of hydrogen-bond donors (Lipinski definition) is 4. The maximum atomic E-state index is 13.3. The molecule has 7 heteroatoms. The molecule has 0 aliphatic heterocycles. The molecule has 0 aromatic carbocycles. The Labute approximate surface area is 87.9 Å². The van der Waals surface area contributed by atoms with Crippen LogP contribution in [0, 0.1) is 0 Å². The smallest absolute Gasteiger partial charge is 0.211 e. The van der Waals surface area contributed by atoms with Crippen molar-refractivity contribution in [1.29, 1.82) is 0 Å². The Balaban J connectivity index is 4.02. The maximum Gasteiger partial charge on any atom is 0.211 e. The largest absolute Gasteiger partial charge is 0.403 e. The summed E-state index contributed by atoms with van der Waals surface area (Å²) in [7, 11) is 1.40. The molecule has 0 aromatic heterocycles. The summed E-state index contributed by atoms with van der Waals surface area (Å²) in [6.07, 6.45) is -2.20. The van der Waals surface area contributed by atoms with E-state index in [2.05, 4.69) is 4.74 Å². The van der Waals surface area contributed by atoms with E-state index in [4.69, 9.17) is 11.6 Å². The number of hydrogen-bond acceptors (Lipinski definition) is 6. The van der Waals surface area contributed by atoms with Crippen molar-refractivity contribution in [2.75, 3.05) is 13.7 Å². The molecular weight excluding hydrogens is 205 g/mol. The lowest BCUT2D eigenvalue weighted by molar-refractivity contribution is -0.0436. The first-order valence-corrected chi connectivity index (χ1v) is 4.43. The van der Waals surface area contributed by atoms with Crippen molar-refractivity contribution >= 4 is 0 Å². The van der Waals surface area contributed by atoms with Gasteiger partial charge in [-0.2, -0.15) is 0 Å². The van der Waals surface area contributed by atoms with Crippen LogP contribution in [0.3, 0.4) is 0 Å². The van der Waals surface area contributed by atoms with Gasteiger partial charge in [-0.05, 0) is 0 Å². The molecule has 0 saturated heterocycles. The number of halogens is 1. The topological polar surface area (TPSA) is 105 Å². The summed E-state index contributed by atoms with van der Waals surface area (Å²) < 4.78 is 17.9. The number of alkyl halides is 1. The first kappa shape index (κ1) is 14.1. The fourth-order valence-corrected chi connectivity index (χ4v) is 1.03. The summed E-state index contributed by atoms with van der Waals surface area (Å²) in [5.41, 5.74) is 5.00. The van der Waals surface area contributed by atoms with Crippen molar-refractivity contribution in [2.24, 2.45) is 11.6 Å². The summed E-state index contributed by atoms with van der Waals surface area (Å²) in [5, 5.41) is 19.2. The van der Waals surface area contributed by atoms with Crippen molar-refractivity contribution < 1.29 is 19.3 Å². The van der Waals surface area contributed by atoms with Crippen LogP contribution >= 0.6 is 0 Å². The van der Waals surface area contributed by atoms with E-state index in [0.29, 0.717) is 5.01 Å². The highest BCUT2D eigenvalue weighted by atomic mass is 19.1. The van der Waals surface area contributed by atoms with Crippen molar-refractivity contribution in [3.8, 4) is 0 Å². The van der Waals surface area contributed by atoms with Crippen LogP contribution in [0.1, 0.15) is 6.42 Å². The summed E-state index contributed by atoms with van der Waals surface area (Å²) in [6, 6.07) is 0. The van der Waals surface area contributed by atoms with E-state index in [9.17, 15) is 14.6 Å². The summed E-state index contributed by atoms with van der Waals surface area (Å²) >= 11 is 0. The quantitative estimate of drug-likeness (QED) is 0.241. The SMILES string of the molecule is COCC(O)CC(O)C(F)N(N)/C=C\N. The third-order valence-corrected chi connectivity index (χ3v) is 1.73. The van der Waals surface area contributed by atoms with Gasteiger partial charge in [0.15, 0.2) is 0 Å². The second kappa shape index (κ2) is 7.41. The zero-order valence-corrected chi connectivity index (χ0v) is 8.58. The fourth-order valence-electron chi connectivity index (χ4n) is 1.03. The van der Waals surface area contributed by atoms with Crippen molar-refractivity contribution in [3.63, 3.8) is 0 Å². The predicted octanol–water partition coefficient (Wildman–Crippen LogP) is -1.35. The molecule has 0 amide bonds. The van der Waals surface area contributed by atoms with Crippen LogP contribution < -0.4 is 11.6 Å². The number of aliphatic hydroxyl groups is 2. The van der Waals surface area contributed by atoms with E-state index in [-0.39, 0.29) is 13.0 Å². The Morgan fingerprint density at radius 3 is 2.60 bits per heavy atom. The van der Waals surface area contributed by atoms with Gasteiger partial charge in [-0.15, -0.1) is 0 Å². The van der Waals surface area contributed by atoms with Crippen LogP contribution in [0.25, 0.3) is 0 Å². The van der Waals surface area contributed by atoms with Crippen molar-refractivity contribution in [2.45, 2.75) is 24.9 Å². The van der Waals surface area contributed by atoms with Crippen molar-refractivity contribution in [1.82, 2.24) is 5.01 Å². The highest BCUT2D eigenvalue weighted by molar-refractivity contribution is 4.79. The molecule has 0 aliphatic carbocycles. The van der Waals surface area contributed by atoms with Crippen LogP contribution in [0.2, 0.25) is 0 Å². The molecule has 0 rings (SSSR count). The molecule has 0 saturated carbocycles. The minimum absolute atomic E-state index is 0.0288. The first-order chi connectivity index (χ1) is 7.02. The Morgan fingerprint density at radius 1 is 1.53 bits per heavy atom. The van der Waals surface area contributed by atoms with E-state index >= 15 is 0 Å². The van der Waals surface area contributed by atoms with Crippen LogP contribution in [-0.2, 0) is 4.74 Å². The van der Waals surface area contributed by atoms with Gasteiger partial charge in [0.25, 0.3) is 0 Å². The number of methoxy groups -OCH3 is 1. The van der Waals surface area contributed by atoms with Gasteiger partial charge in [-0.25, -0.2) is 10.2 Å². The number of nitrogens with zero attached hydrogens (tertiary/aromatic N) is 1. The molecule has 3 atom stereocenters. The standard InChI is InChI=1S/C8H18FN3O3/c1-15-5-6(13)4-7(14)8(9)12(11)3-2-10/h2-3,6-8,13-14H,4-5,10-11H2,1H3/b3-2-. The third-order valence-electron chi connectivity index (χ3n) is 1.73. The van der Waals surface area contributed by atoms with Gasteiger partial charge in [0.05, 0.1) is 12.7 Å². The Kier molecular flexibility index (Phi) is 6.97. The average Bonchev–Trinajstić information content (AvgIpc) is 2.17. The Hall–Kier alpha value is -0.890. The van der Waals surface area contributed by atoms with Crippen LogP contribution in [-0.4, -0.2) is 47.4 Å². The lowest BCUT2D eigenvalue weighted by atomic mass is 10.1. The van der Waals surface area contributed by atoms with E-state index in [0.717, 1.165) is 12.4 Å². The van der Waals surface area contributed by atoms with E-state index in [1.165, 1.54) is 7.11 Å². The lowest BCUT2D eigenvalue weighted by Gasteiger charge is -2.24. The molecule has 6 N–H and O–H groups in total. The number of nitrogens with two attached hydrogens (primary N) is 2. The van der Waals surface area contributed by atoms with Gasteiger partial charge in [-0.1, -0.05) is 0 Å². The molecule has 90 valence electrons. The first-order valence-electron chi connectivity index (χ1n) is 4.43. The number of ether oxygens (including phenoxy) is 1. The van der Waals surface area contributed by atoms with Crippen molar-refractivity contribution in [3.05, 3.63) is 12.4 Å². The zero-order chi connectivity index (χ0) is 11.8. The second-order valence-electron chi connectivity index (χ2n) is 3.07. The molecule has 0 aliphatic rings. The molecule has 0 bridgehead atoms. The molecule has 0 spiro atoms. The second-order valence-corrected chi connectivity index (χ2v) is 3.07. The average molecular weight is 223 g/mol. The summed E-state index contributed by atoms with van der Waals surface area (Å²) in [5.74, 6) is 5.20.